The van der Waals surface area contributed by atoms with Gasteiger partial charge in [0.15, 0.2) is 0 Å². The van der Waals surface area contributed by atoms with E-state index in [0.717, 1.165) is 6.42 Å². The van der Waals surface area contributed by atoms with Crippen LogP contribution in [-0.2, 0) is 9.59 Å². The number of carbonyl (C=O) groups excluding carboxylic acids is 3. The third kappa shape index (κ3) is 9.05. The van der Waals surface area contributed by atoms with Crippen molar-refractivity contribution < 1.29 is 37.5 Å². The highest BCUT2D eigenvalue weighted by atomic mass is 35.5. The summed E-state index contributed by atoms with van der Waals surface area (Å²) in [5.74, 6) is -3.08. The van der Waals surface area contributed by atoms with Gasteiger partial charge in [-0.2, -0.15) is 13.2 Å². The smallest absolute Gasteiger partial charge is 0.475 e. The first-order valence-corrected chi connectivity index (χ1v) is 12.3. The lowest BCUT2D eigenvalue weighted by molar-refractivity contribution is -0.192. The minimum absolute atomic E-state index is 0.0413. The third-order valence-electron chi connectivity index (χ3n) is 5.90. The summed E-state index contributed by atoms with van der Waals surface area (Å²) < 4.78 is 31.7. The summed E-state index contributed by atoms with van der Waals surface area (Å²) in [5, 5.41) is 13.3. The topological polar surface area (TPSA) is 116 Å². The largest absolute Gasteiger partial charge is 0.490 e. The van der Waals surface area contributed by atoms with Gasteiger partial charge in [-0.1, -0.05) is 30.7 Å². The summed E-state index contributed by atoms with van der Waals surface area (Å²) in [5.41, 5.74) is 1.53. The first-order chi connectivity index (χ1) is 17.8. The van der Waals surface area contributed by atoms with Gasteiger partial charge < -0.3 is 20.6 Å². The number of piperidine rings is 1. The SMILES string of the molecule is CCC(C)NC(=O)C1CCN(C(=O)c2ccc(NC(=O)c3ccccc3Cl)cc2)CC1.O=C(O)C(F)(F)F. The molecule has 2 aromatic rings. The Morgan fingerprint density at radius 2 is 1.61 bits per heavy atom. The molecule has 3 N–H and O–H groups in total. The standard InChI is InChI=1S/C24H28ClN3O3.C2HF3O2/c1-3-16(2)26-22(29)17-12-14-28(15-13-17)24(31)18-8-10-19(11-9-18)27-23(30)20-6-4-5-7-21(20)25;3-2(4,5)1(6)7/h4-11,16-17H,3,12-15H2,1-2H3,(H,26,29)(H,27,30);(H,6,7). The summed E-state index contributed by atoms with van der Waals surface area (Å²) >= 11 is 6.06. The number of nitrogens with zero attached hydrogens (tertiary/aromatic N) is 1. The van der Waals surface area contributed by atoms with Crippen molar-refractivity contribution in [2.75, 3.05) is 18.4 Å². The van der Waals surface area contributed by atoms with Gasteiger partial charge in [-0.25, -0.2) is 4.79 Å². The molecule has 1 saturated heterocycles. The van der Waals surface area contributed by atoms with Crippen LogP contribution in [0, 0.1) is 5.92 Å². The number of carbonyl (C=O) groups is 4. The molecule has 3 amide bonds. The van der Waals surface area contributed by atoms with E-state index in [9.17, 15) is 27.6 Å². The molecule has 1 heterocycles. The second-order valence-electron chi connectivity index (χ2n) is 8.70. The number of alkyl halides is 3. The maximum atomic E-state index is 12.8. The summed E-state index contributed by atoms with van der Waals surface area (Å²) in [4.78, 5) is 48.2. The molecule has 0 aliphatic carbocycles. The Bertz CT molecular complexity index is 1130. The molecular formula is C26H29ClF3N3O5. The number of halogens is 4. The van der Waals surface area contributed by atoms with Crippen LogP contribution in [-0.4, -0.2) is 59.0 Å². The van der Waals surface area contributed by atoms with Gasteiger partial charge in [0.1, 0.15) is 0 Å². The average Bonchev–Trinajstić information content (AvgIpc) is 2.88. The molecule has 12 heteroatoms. The zero-order chi connectivity index (χ0) is 28.5. The van der Waals surface area contributed by atoms with Crippen molar-refractivity contribution in [2.45, 2.75) is 45.3 Å². The third-order valence-corrected chi connectivity index (χ3v) is 6.23. The van der Waals surface area contributed by atoms with Crippen LogP contribution in [0.2, 0.25) is 5.02 Å². The van der Waals surface area contributed by atoms with Crippen molar-refractivity contribution in [3.8, 4) is 0 Å². The fourth-order valence-electron chi connectivity index (χ4n) is 3.53. The van der Waals surface area contributed by atoms with Crippen LogP contribution in [0.15, 0.2) is 48.5 Å². The summed E-state index contributed by atoms with van der Waals surface area (Å²) in [6.45, 7) is 5.15. The molecule has 38 heavy (non-hydrogen) atoms. The van der Waals surface area contributed by atoms with Gasteiger partial charge in [0, 0.05) is 36.3 Å². The van der Waals surface area contributed by atoms with Crippen LogP contribution in [0.3, 0.4) is 0 Å². The number of aliphatic carboxylic acids is 1. The average molecular weight is 556 g/mol. The number of benzene rings is 2. The Morgan fingerprint density at radius 1 is 1.05 bits per heavy atom. The molecule has 1 unspecified atom stereocenters. The Balaban J connectivity index is 0.000000638. The molecule has 0 radical (unpaired) electrons. The fraction of sp³-hybridized carbons (Fsp3) is 0.385. The number of amides is 3. The quantitative estimate of drug-likeness (QED) is 0.464. The number of anilines is 1. The molecule has 1 atom stereocenters. The van der Waals surface area contributed by atoms with Gasteiger partial charge in [0.25, 0.3) is 11.8 Å². The lowest BCUT2D eigenvalue weighted by Crippen LogP contribution is -2.44. The van der Waals surface area contributed by atoms with E-state index in [1.165, 1.54) is 0 Å². The van der Waals surface area contributed by atoms with Gasteiger partial charge in [-0.15, -0.1) is 0 Å². The van der Waals surface area contributed by atoms with Crippen molar-refractivity contribution in [3.63, 3.8) is 0 Å². The van der Waals surface area contributed by atoms with Crippen LogP contribution >= 0.6 is 11.6 Å². The van der Waals surface area contributed by atoms with Crippen molar-refractivity contribution in [2.24, 2.45) is 5.92 Å². The van der Waals surface area contributed by atoms with Gasteiger partial charge in [0.05, 0.1) is 10.6 Å². The molecule has 1 fully saturated rings. The van der Waals surface area contributed by atoms with Crippen molar-refractivity contribution >= 4 is 41.0 Å². The number of likely N-dealkylation sites (tertiary alicyclic amines) is 1. The van der Waals surface area contributed by atoms with Gasteiger partial charge in [-0.3, -0.25) is 14.4 Å². The number of carboxylic acid groups (broad SMARTS) is 1. The molecule has 0 spiro atoms. The zero-order valence-electron chi connectivity index (χ0n) is 20.8. The number of carboxylic acids is 1. The maximum Gasteiger partial charge on any atom is 0.490 e. The first-order valence-electron chi connectivity index (χ1n) is 11.9. The number of hydrogen-bond donors (Lipinski definition) is 3. The predicted molar refractivity (Wildman–Crippen MR) is 136 cm³/mol. The van der Waals surface area contributed by atoms with Crippen LogP contribution in [0.1, 0.15) is 53.8 Å². The predicted octanol–water partition coefficient (Wildman–Crippen LogP) is 4.99. The summed E-state index contributed by atoms with van der Waals surface area (Å²) in [6, 6.07) is 13.8. The molecule has 3 rings (SSSR count). The summed E-state index contributed by atoms with van der Waals surface area (Å²) in [7, 11) is 0. The number of rotatable bonds is 6. The van der Waals surface area contributed by atoms with Crippen molar-refractivity contribution in [1.82, 2.24) is 10.2 Å². The molecule has 0 saturated carbocycles. The van der Waals surface area contributed by atoms with Crippen LogP contribution in [0.5, 0.6) is 0 Å². The van der Waals surface area contributed by atoms with Crippen molar-refractivity contribution in [3.05, 3.63) is 64.7 Å². The Kier molecular flexibility index (Phi) is 11.1. The monoisotopic (exact) mass is 555 g/mol. The Labute approximate surface area is 223 Å². The molecule has 1 aliphatic heterocycles. The Morgan fingerprint density at radius 3 is 2.11 bits per heavy atom. The minimum atomic E-state index is -5.08. The fourth-order valence-corrected chi connectivity index (χ4v) is 3.75. The van der Waals surface area contributed by atoms with Crippen LogP contribution in [0.4, 0.5) is 18.9 Å². The van der Waals surface area contributed by atoms with E-state index in [0.29, 0.717) is 47.8 Å². The van der Waals surface area contributed by atoms with E-state index in [2.05, 4.69) is 10.6 Å². The van der Waals surface area contributed by atoms with Crippen LogP contribution < -0.4 is 10.6 Å². The van der Waals surface area contributed by atoms with Crippen LogP contribution in [0.25, 0.3) is 0 Å². The maximum absolute atomic E-state index is 12.8. The lowest BCUT2D eigenvalue weighted by Gasteiger charge is -2.32. The Hall–Kier alpha value is -3.60. The molecule has 2 aromatic carbocycles. The van der Waals surface area contributed by atoms with Crippen molar-refractivity contribution in [1.29, 1.82) is 0 Å². The zero-order valence-corrected chi connectivity index (χ0v) is 21.6. The molecular weight excluding hydrogens is 527 g/mol. The second-order valence-corrected chi connectivity index (χ2v) is 9.11. The molecule has 0 aromatic heterocycles. The van der Waals surface area contributed by atoms with E-state index in [1.807, 2.05) is 13.8 Å². The second kappa shape index (κ2) is 13.8. The number of nitrogens with one attached hydrogen (secondary N) is 2. The molecule has 8 nitrogen and oxygen atoms in total. The highest BCUT2D eigenvalue weighted by Crippen LogP contribution is 2.21. The van der Waals surface area contributed by atoms with Gasteiger partial charge in [0.2, 0.25) is 5.91 Å². The molecule has 1 aliphatic rings. The first kappa shape index (κ1) is 30.6. The highest BCUT2D eigenvalue weighted by molar-refractivity contribution is 6.34. The summed E-state index contributed by atoms with van der Waals surface area (Å²) in [6.07, 6.45) is -2.85. The van der Waals surface area contributed by atoms with E-state index >= 15 is 0 Å². The number of hydrogen-bond acceptors (Lipinski definition) is 4. The molecule has 0 bridgehead atoms. The lowest BCUT2D eigenvalue weighted by atomic mass is 9.95. The minimum Gasteiger partial charge on any atom is -0.475 e. The van der Waals surface area contributed by atoms with Gasteiger partial charge >= 0.3 is 12.1 Å². The van der Waals surface area contributed by atoms with E-state index in [1.54, 1.807) is 53.4 Å². The van der Waals surface area contributed by atoms with E-state index in [4.69, 9.17) is 21.5 Å². The van der Waals surface area contributed by atoms with Gasteiger partial charge in [-0.05, 0) is 62.6 Å². The normalized spacial score (nSPS) is 14.5. The molecule has 206 valence electrons. The van der Waals surface area contributed by atoms with E-state index < -0.39 is 12.1 Å². The highest BCUT2D eigenvalue weighted by Gasteiger charge is 2.38. The van der Waals surface area contributed by atoms with E-state index in [-0.39, 0.29) is 29.7 Å².